The number of rotatable bonds is 2. The maximum Gasteiger partial charge on any atom is 0.163 e. The van der Waals surface area contributed by atoms with E-state index in [1.165, 1.54) is 6.26 Å². The Morgan fingerprint density at radius 3 is 2.74 bits per heavy atom. The number of hydrogen-bond donors (Lipinski definition) is 3. The molecule has 0 radical (unpaired) electrons. The van der Waals surface area contributed by atoms with E-state index in [9.17, 15) is 10.2 Å². The van der Waals surface area contributed by atoms with Gasteiger partial charge in [0.25, 0.3) is 0 Å². The van der Waals surface area contributed by atoms with Crippen LogP contribution in [0.15, 0.2) is 29.0 Å². The lowest BCUT2D eigenvalue weighted by atomic mass is 10.1. The van der Waals surface area contributed by atoms with Gasteiger partial charge < -0.3 is 29.0 Å². The normalized spacial score (nSPS) is 31.1. The van der Waals surface area contributed by atoms with Crippen molar-refractivity contribution in [2.75, 3.05) is 6.61 Å². The zero-order valence-electron chi connectivity index (χ0n) is 9.84. The highest BCUT2D eigenvalue weighted by molar-refractivity contribution is 7.71. The highest BCUT2D eigenvalue weighted by atomic mass is 32.1. The summed E-state index contributed by atoms with van der Waals surface area (Å²) in [5, 5.41) is 29.5. The fourth-order valence-electron chi connectivity index (χ4n) is 2.29. The minimum atomic E-state index is -1.15. The van der Waals surface area contributed by atoms with E-state index in [4.69, 9.17) is 26.5 Å². The van der Waals surface area contributed by atoms with Crippen LogP contribution in [0.25, 0.3) is 11.0 Å². The number of aromatic nitrogens is 1. The summed E-state index contributed by atoms with van der Waals surface area (Å²) >= 11 is 5.32. The molecule has 3 heterocycles. The lowest BCUT2D eigenvalue weighted by molar-refractivity contribution is -0.0534. The van der Waals surface area contributed by atoms with Crippen molar-refractivity contribution < 1.29 is 24.5 Å². The molecule has 1 unspecified atom stereocenters. The highest BCUT2D eigenvalue weighted by Crippen LogP contribution is 2.31. The molecule has 2 aromatic heterocycles. The molecule has 0 saturated carbocycles. The van der Waals surface area contributed by atoms with Crippen LogP contribution < -0.4 is 0 Å². The first-order valence-electron chi connectivity index (χ1n) is 5.84. The highest BCUT2D eigenvalue weighted by Gasteiger charge is 2.43. The van der Waals surface area contributed by atoms with Gasteiger partial charge in [0.2, 0.25) is 0 Å². The predicted molar refractivity (Wildman–Crippen MR) is 68.0 cm³/mol. The number of aliphatic hydroxyl groups is 3. The van der Waals surface area contributed by atoms with Gasteiger partial charge in [-0.1, -0.05) is 12.2 Å². The molecular formula is C12H13NO5S. The van der Waals surface area contributed by atoms with Crippen LogP contribution in [0.4, 0.5) is 0 Å². The van der Waals surface area contributed by atoms with Gasteiger partial charge in [-0.25, -0.2) is 0 Å². The molecule has 1 saturated heterocycles. The molecule has 1 fully saturated rings. The van der Waals surface area contributed by atoms with Gasteiger partial charge in [0.15, 0.2) is 6.23 Å². The van der Waals surface area contributed by atoms with E-state index in [-0.39, 0.29) is 6.61 Å². The molecule has 2 aromatic rings. The van der Waals surface area contributed by atoms with Crippen molar-refractivity contribution in [2.24, 2.45) is 0 Å². The van der Waals surface area contributed by atoms with Crippen molar-refractivity contribution in [1.82, 2.24) is 4.57 Å². The number of fused-ring (bicyclic) bond motifs is 1. The first-order chi connectivity index (χ1) is 9.13. The summed E-state index contributed by atoms with van der Waals surface area (Å²) in [6, 6.07) is 3.44. The summed E-state index contributed by atoms with van der Waals surface area (Å²) in [5.41, 5.74) is 0.646. The SMILES string of the molecule is OC[C@H]1OC(n2ccc3occc3c2=S)[C@H](O)[C@@H]1O. The van der Waals surface area contributed by atoms with Gasteiger partial charge in [-0.15, -0.1) is 0 Å². The van der Waals surface area contributed by atoms with Crippen LogP contribution in [0.5, 0.6) is 0 Å². The fraction of sp³-hybridized carbons (Fsp3) is 0.417. The van der Waals surface area contributed by atoms with Crippen molar-refractivity contribution in [3.63, 3.8) is 0 Å². The molecule has 7 heteroatoms. The molecule has 3 N–H and O–H groups in total. The lowest BCUT2D eigenvalue weighted by Crippen LogP contribution is -2.33. The second-order valence-corrected chi connectivity index (χ2v) is 4.84. The summed E-state index contributed by atoms with van der Waals surface area (Å²) in [7, 11) is 0. The predicted octanol–water partition coefficient (Wildman–Crippen LogP) is 0.575. The zero-order chi connectivity index (χ0) is 13.6. The number of aliphatic hydroxyl groups excluding tert-OH is 3. The molecule has 0 aliphatic carbocycles. The van der Waals surface area contributed by atoms with Gasteiger partial charge in [0, 0.05) is 6.20 Å². The minimum Gasteiger partial charge on any atom is -0.464 e. The Kier molecular flexibility index (Phi) is 3.15. The molecule has 102 valence electrons. The molecule has 1 aliphatic rings. The second-order valence-electron chi connectivity index (χ2n) is 4.46. The number of furan rings is 1. The smallest absolute Gasteiger partial charge is 0.163 e. The average Bonchev–Trinajstić information content (AvgIpc) is 2.98. The number of ether oxygens (including phenoxy) is 1. The molecular weight excluding hydrogens is 270 g/mol. The Balaban J connectivity index is 2.05. The Morgan fingerprint density at radius 1 is 1.26 bits per heavy atom. The number of hydrogen-bond acceptors (Lipinski definition) is 6. The number of nitrogens with zero attached hydrogens (tertiary/aromatic N) is 1. The van der Waals surface area contributed by atoms with E-state index in [1.54, 1.807) is 22.9 Å². The Bertz CT molecular complexity index is 651. The first kappa shape index (κ1) is 12.8. The molecule has 0 bridgehead atoms. The third kappa shape index (κ3) is 1.90. The van der Waals surface area contributed by atoms with E-state index in [2.05, 4.69) is 0 Å². The van der Waals surface area contributed by atoms with E-state index in [0.717, 1.165) is 5.39 Å². The standard InChI is InChI=1S/C12H13NO5S/c14-5-8-9(15)10(16)11(18-8)13-3-1-7-6(12(13)19)2-4-17-7/h1-4,8-11,14-16H,5H2/t8-,9-,10-,11?/m1/s1. The van der Waals surface area contributed by atoms with Crippen LogP contribution in [-0.2, 0) is 4.74 Å². The average molecular weight is 283 g/mol. The minimum absolute atomic E-state index is 0.365. The van der Waals surface area contributed by atoms with Crippen molar-refractivity contribution in [3.05, 3.63) is 29.2 Å². The molecule has 4 atom stereocenters. The van der Waals surface area contributed by atoms with E-state index in [1.807, 2.05) is 0 Å². The molecule has 19 heavy (non-hydrogen) atoms. The van der Waals surface area contributed by atoms with Crippen molar-refractivity contribution >= 4 is 23.2 Å². The quantitative estimate of drug-likeness (QED) is 0.699. The second kappa shape index (κ2) is 4.69. The first-order valence-corrected chi connectivity index (χ1v) is 6.25. The zero-order valence-corrected chi connectivity index (χ0v) is 10.7. The van der Waals surface area contributed by atoms with E-state index < -0.39 is 24.5 Å². The van der Waals surface area contributed by atoms with Crippen LogP contribution in [-0.4, -0.2) is 44.8 Å². The van der Waals surface area contributed by atoms with Crippen molar-refractivity contribution in [2.45, 2.75) is 24.5 Å². The maximum atomic E-state index is 9.98. The van der Waals surface area contributed by atoms with Gasteiger partial charge in [0.05, 0.1) is 18.3 Å². The summed E-state index contributed by atoms with van der Waals surface area (Å²) in [6.45, 7) is -0.365. The largest absolute Gasteiger partial charge is 0.464 e. The third-order valence-corrected chi connectivity index (χ3v) is 3.77. The Labute approximate surface area is 113 Å². The van der Waals surface area contributed by atoms with Gasteiger partial charge >= 0.3 is 0 Å². The van der Waals surface area contributed by atoms with Gasteiger partial charge in [-0.3, -0.25) is 0 Å². The molecule has 1 aliphatic heterocycles. The van der Waals surface area contributed by atoms with E-state index >= 15 is 0 Å². The summed E-state index contributed by atoms with van der Waals surface area (Å²) in [6.07, 6.45) is -0.762. The van der Waals surface area contributed by atoms with Crippen LogP contribution in [0.1, 0.15) is 6.23 Å². The Morgan fingerprint density at radius 2 is 2.05 bits per heavy atom. The van der Waals surface area contributed by atoms with Gasteiger partial charge in [-0.2, -0.15) is 0 Å². The topological polar surface area (TPSA) is 88.0 Å². The van der Waals surface area contributed by atoms with Crippen molar-refractivity contribution in [1.29, 1.82) is 0 Å². The van der Waals surface area contributed by atoms with Crippen LogP contribution >= 0.6 is 12.2 Å². The monoisotopic (exact) mass is 283 g/mol. The van der Waals surface area contributed by atoms with Crippen molar-refractivity contribution in [3.8, 4) is 0 Å². The third-order valence-electron chi connectivity index (χ3n) is 3.34. The molecule has 3 rings (SSSR count). The van der Waals surface area contributed by atoms with Crippen LogP contribution in [0, 0.1) is 4.64 Å². The van der Waals surface area contributed by atoms with Gasteiger partial charge in [0.1, 0.15) is 28.5 Å². The van der Waals surface area contributed by atoms with E-state index in [0.29, 0.717) is 10.2 Å². The van der Waals surface area contributed by atoms with Crippen LogP contribution in [0.3, 0.4) is 0 Å². The summed E-state index contributed by atoms with van der Waals surface area (Å²) in [5.74, 6) is 0. The summed E-state index contributed by atoms with van der Waals surface area (Å²) < 4.78 is 12.7. The Hall–Kier alpha value is -1.25. The van der Waals surface area contributed by atoms with Gasteiger partial charge in [-0.05, 0) is 12.1 Å². The van der Waals surface area contributed by atoms with Crippen LogP contribution in [0.2, 0.25) is 0 Å². The molecule has 0 amide bonds. The fourth-order valence-corrected chi connectivity index (χ4v) is 2.63. The molecule has 6 nitrogen and oxygen atoms in total. The molecule has 0 spiro atoms. The maximum absolute atomic E-state index is 9.98. The molecule has 0 aromatic carbocycles. The summed E-state index contributed by atoms with van der Waals surface area (Å²) in [4.78, 5) is 0. The lowest BCUT2D eigenvalue weighted by Gasteiger charge is -2.18. The number of pyridine rings is 1.